The summed E-state index contributed by atoms with van der Waals surface area (Å²) in [5, 5.41) is 10.1. The maximum absolute atomic E-state index is 9.44. The molecule has 0 bridgehead atoms. The Kier molecular flexibility index (Phi) is 5.24. The normalized spacial score (nSPS) is 22.2. The molecule has 1 N–H and O–H groups in total. The van der Waals surface area contributed by atoms with Gasteiger partial charge in [0.05, 0.1) is 6.10 Å². The molecule has 0 aliphatic carbocycles. The third-order valence-electron chi connectivity index (χ3n) is 2.49. The Bertz CT molecular complexity index is 140. The van der Waals surface area contributed by atoms with Gasteiger partial charge in [0, 0.05) is 31.1 Å². The third-order valence-corrected chi connectivity index (χ3v) is 3.24. The number of likely N-dealkylation sites (N-methyl/N-ethyl adjacent to an activating group) is 1. The van der Waals surface area contributed by atoms with E-state index in [-0.39, 0.29) is 6.10 Å². The molecule has 1 rings (SSSR count). The fraction of sp³-hybridized carbons (Fsp3) is 1.00. The van der Waals surface area contributed by atoms with E-state index in [0.717, 1.165) is 32.6 Å². The molecule has 1 unspecified atom stereocenters. The Morgan fingerprint density at radius 3 is 2.69 bits per heavy atom. The minimum Gasteiger partial charge on any atom is -0.391 e. The van der Waals surface area contributed by atoms with Crippen LogP contribution in [-0.2, 0) is 4.74 Å². The lowest BCUT2D eigenvalue weighted by Crippen LogP contribution is -2.41. The SMILES string of the molecule is CN(CC(O)CBr)C1CCOCC1. The van der Waals surface area contributed by atoms with E-state index in [9.17, 15) is 5.11 Å². The van der Waals surface area contributed by atoms with Crippen molar-refractivity contribution in [3.8, 4) is 0 Å². The zero-order valence-corrected chi connectivity index (χ0v) is 9.66. The summed E-state index contributed by atoms with van der Waals surface area (Å²) in [6, 6.07) is 0.586. The first-order valence-electron chi connectivity index (χ1n) is 4.76. The lowest BCUT2D eigenvalue weighted by atomic mass is 10.1. The molecule has 0 aromatic rings. The summed E-state index contributed by atoms with van der Waals surface area (Å²) in [4.78, 5) is 2.23. The highest BCUT2D eigenvalue weighted by Gasteiger charge is 2.19. The van der Waals surface area contributed by atoms with Gasteiger partial charge in [-0.3, -0.25) is 0 Å². The summed E-state index contributed by atoms with van der Waals surface area (Å²) in [6.07, 6.45) is 1.92. The molecule has 13 heavy (non-hydrogen) atoms. The molecule has 1 fully saturated rings. The van der Waals surface area contributed by atoms with Crippen LogP contribution in [0.25, 0.3) is 0 Å². The second-order valence-corrected chi connectivity index (χ2v) is 4.24. The van der Waals surface area contributed by atoms with E-state index in [0.29, 0.717) is 11.4 Å². The van der Waals surface area contributed by atoms with Gasteiger partial charge in [0.25, 0.3) is 0 Å². The number of hydrogen-bond acceptors (Lipinski definition) is 3. The molecule has 0 aromatic heterocycles. The zero-order chi connectivity index (χ0) is 9.68. The smallest absolute Gasteiger partial charge is 0.0763 e. The molecule has 0 amide bonds. The van der Waals surface area contributed by atoms with E-state index in [1.807, 2.05) is 0 Å². The fourth-order valence-electron chi connectivity index (χ4n) is 1.66. The van der Waals surface area contributed by atoms with Crippen LogP contribution in [0.15, 0.2) is 0 Å². The van der Waals surface area contributed by atoms with Crippen LogP contribution in [0.1, 0.15) is 12.8 Å². The summed E-state index contributed by atoms with van der Waals surface area (Å²) >= 11 is 3.27. The summed E-state index contributed by atoms with van der Waals surface area (Å²) in [7, 11) is 2.07. The van der Waals surface area contributed by atoms with Gasteiger partial charge in [-0.15, -0.1) is 0 Å². The van der Waals surface area contributed by atoms with Gasteiger partial charge in [-0.1, -0.05) is 15.9 Å². The first-order chi connectivity index (χ1) is 6.24. The average Bonchev–Trinajstić information content (AvgIpc) is 2.19. The molecule has 1 heterocycles. The molecule has 4 heteroatoms. The third kappa shape index (κ3) is 3.94. The first-order valence-corrected chi connectivity index (χ1v) is 5.88. The summed E-state index contributed by atoms with van der Waals surface area (Å²) in [6.45, 7) is 2.47. The van der Waals surface area contributed by atoms with E-state index in [4.69, 9.17) is 4.74 Å². The van der Waals surface area contributed by atoms with Crippen molar-refractivity contribution >= 4 is 15.9 Å². The van der Waals surface area contributed by atoms with Crippen molar-refractivity contribution in [3.05, 3.63) is 0 Å². The molecule has 78 valence electrons. The maximum Gasteiger partial charge on any atom is 0.0763 e. The number of ether oxygens (including phenoxy) is 1. The van der Waals surface area contributed by atoms with Crippen LogP contribution in [0, 0.1) is 0 Å². The van der Waals surface area contributed by atoms with Gasteiger partial charge >= 0.3 is 0 Å². The second-order valence-electron chi connectivity index (χ2n) is 3.59. The predicted octanol–water partition coefficient (Wildman–Crippen LogP) is 0.853. The van der Waals surface area contributed by atoms with Crippen LogP contribution in [-0.4, -0.2) is 54.3 Å². The van der Waals surface area contributed by atoms with Gasteiger partial charge in [0.15, 0.2) is 0 Å². The topological polar surface area (TPSA) is 32.7 Å². The first kappa shape index (κ1) is 11.4. The fourth-order valence-corrected chi connectivity index (χ4v) is 1.86. The highest BCUT2D eigenvalue weighted by molar-refractivity contribution is 9.09. The van der Waals surface area contributed by atoms with Crippen LogP contribution in [0.4, 0.5) is 0 Å². The van der Waals surface area contributed by atoms with E-state index in [2.05, 4.69) is 27.9 Å². The van der Waals surface area contributed by atoms with E-state index in [1.54, 1.807) is 0 Å². The van der Waals surface area contributed by atoms with Crippen LogP contribution >= 0.6 is 15.9 Å². The van der Waals surface area contributed by atoms with E-state index >= 15 is 0 Å². The Morgan fingerprint density at radius 2 is 2.15 bits per heavy atom. The molecule has 3 nitrogen and oxygen atoms in total. The average molecular weight is 252 g/mol. The largest absolute Gasteiger partial charge is 0.391 e. The predicted molar refractivity (Wildman–Crippen MR) is 56.3 cm³/mol. The van der Waals surface area contributed by atoms with E-state index in [1.165, 1.54) is 0 Å². The molecule has 0 spiro atoms. The number of aliphatic hydroxyl groups is 1. The van der Waals surface area contributed by atoms with Crippen molar-refractivity contribution in [2.45, 2.75) is 25.0 Å². The molecule has 0 radical (unpaired) electrons. The molecule has 1 aliphatic heterocycles. The van der Waals surface area contributed by atoms with Crippen molar-refractivity contribution in [2.24, 2.45) is 0 Å². The number of nitrogens with zero attached hydrogens (tertiary/aromatic N) is 1. The van der Waals surface area contributed by atoms with Gasteiger partial charge in [-0.2, -0.15) is 0 Å². The molecule has 0 aromatic carbocycles. The molecule has 0 saturated carbocycles. The minimum atomic E-state index is -0.257. The van der Waals surface area contributed by atoms with Crippen LogP contribution in [0.3, 0.4) is 0 Å². The Balaban J connectivity index is 2.24. The van der Waals surface area contributed by atoms with Gasteiger partial charge < -0.3 is 14.7 Å². The van der Waals surface area contributed by atoms with Crippen LogP contribution < -0.4 is 0 Å². The summed E-state index contributed by atoms with van der Waals surface area (Å²) in [5.41, 5.74) is 0. The molecule has 1 atom stereocenters. The van der Waals surface area contributed by atoms with Crippen molar-refractivity contribution in [3.63, 3.8) is 0 Å². The molecule has 1 aliphatic rings. The minimum absolute atomic E-state index is 0.257. The highest BCUT2D eigenvalue weighted by atomic mass is 79.9. The quantitative estimate of drug-likeness (QED) is 0.753. The Labute approximate surface area is 88.2 Å². The molecular weight excluding hydrogens is 234 g/mol. The van der Waals surface area contributed by atoms with Crippen LogP contribution in [0.2, 0.25) is 0 Å². The second kappa shape index (κ2) is 5.96. The summed E-state index contributed by atoms with van der Waals surface area (Å²) < 4.78 is 5.28. The van der Waals surface area contributed by atoms with Gasteiger partial charge in [-0.25, -0.2) is 0 Å². The number of alkyl halides is 1. The lowest BCUT2D eigenvalue weighted by Gasteiger charge is -2.32. The van der Waals surface area contributed by atoms with Gasteiger partial charge in [0.1, 0.15) is 0 Å². The van der Waals surface area contributed by atoms with Gasteiger partial charge in [-0.05, 0) is 19.9 Å². The van der Waals surface area contributed by atoms with E-state index < -0.39 is 0 Å². The van der Waals surface area contributed by atoms with Gasteiger partial charge in [0.2, 0.25) is 0 Å². The maximum atomic E-state index is 9.44. The highest BCUT2D eigenvalue weighted by Crippen LogP contribution is 2.13. The van der Waals surface area contributed by atoms with Crippen molar-refractivity contribution in [1.29, 1.82) is 0 Å². The molecular formula is C9H18BrNO2. The zero-order valence-electron chi connectivity index (χ0n) is 8.08. The van der Waals surface area contributed by atoms with Crippen LogP contribution in [0.5, 0.6) is 0 Å². The van der Waals surface area contributed by atoms with Crippen molar-refractivity contribution in [1.82, 2.24) is 4.90 Å². The Morgan fingerprint density at radius 1 is 1.54 bits per heavy atom. The monoisotopic (exact) mass is 251 g/mol. The molecule has 1 saturated heterocycles. The number of halogens is 1. The summed E-state index contributed by atoms with van der Waals surface area (Å²) in [5.74, 6) is 0. The standard InChI is InChI=1S/C9H18BrNO2/c1-11(7-9(12)6-10)8-2-4-13-5-3-8/h8-9,12H,2-7H2,1H3. The number of aliphatic hydroxyl groups excluding tert-OH is 1. The van der Waals surface area contributed by atoms with Crippen molar-refractivity contribution in [2.75, 3.05) is 32.1 Å². The Hall–Kier alpha value is 0.360. The number of hydrogen-bond donors (Lipinski definition) is 1. The van der Waals surface area contributed by atoms with Crippen molar-refractivity contribution < 1.29 is 9.84 Å². The number of rotatable bonds is 4. The lowest BCUT2D eigenvalue weighted by molar-refractivity contribution is 0.0291.